The molecule has 1 atom stereocenters. The number of nitrogens with zero attached hydrogens (tertiary/aromatic N) is 4. The summed E-state index contributed by atoms with van der Waals surface area (Å²) in [5.74, 6) is 2.07. The Morgan fingerprint density at radius 1 is 1.03 bits per heavy atom. The monoisotopic (exact) mass is 422 g/mol. The summed E-state index contributed by atoms with van der Waals surface area (Å²) in [6, 6.07) is 4.67. The number of anilines is 1. The van der Waals surface area contributed by atoms with E-state index in [0.29, 0.717) is 12.6 Å². The second-order valence-corrected chi connectivity index (χ2v) is 8.62. The van der Waals surface area contributed by atoms with Gasteiger partial charge in [-0.1, -0.05) is 6.92 Å². The van der Waals surface area contributed by atoms with Crippen molar-refractivity contribution in [1.29, 1.82) is 0 Å². The highest BCUT2D eigenvalue weighted by Crippen LogP contribution is 2.39. The van der Waals surface area contributed by atoms with Crippen molar-refractivity contribution < 1.29 is 9.47 Å². The van der Waals surface area contributed by atoms with Gasteiger partial charge in [-0.3, -0.25) is 0 Å². The van der Waals surface area contributed by atoms with Gasteiger partial charge in [0.05, 0.1) is 25.0 Å². The second-order valence-electron chi connectivity index (χ2n) is 8.62. The van der Waals surface area contributed by atoms with Crippen LogP contribution in [0.15, 0.2) is 12.1 Å². The molecule has 0 N–H and O–H groups in total. The summed E-state index contributed by atoms with van der Waals surface area (Å²) < 4.78 is 13.0. The average molecular weight is 423 g/mol. The van der Waals surface area contributed by atoms with E-state index in [0.717, 1.165) is 54.2 Å². The maximum atomic E-state index is 5.48. The lowest BCUT2D eigenvalue weighted by Crippen LogP contribution is -2.42. The Morgan fingerprint density at radius 3 is 2.35 bits per heavy atom. The first-order valence-electron chi connectivity index (χ1n) is 11.2. The summed E-state index contributed by atoms with van der Waals surface area (Å²) in [5.41, 5.74) is 9.02. The topological polar surface area (TPSA) is 51.9 Å². The van der Waals surface area contributed by atoms with Gasteiger partial charge in [-0.2, -0.15) is 9.61 Å². The lowest BCUT2D eigenvalue weighted by molar-refractivity contribution is 0.201. The number of fused-ring (bicyclic) bond motifs is 3. The van der Waals surface area contributed by atoms with Crippen LogP contribution >= 0.6 is 0 Å². The molecule has 3 heterocycles. The Balaban J connectivity index is 1.99. The zero-order valence-corrected chi connectivity index (χ0v) is 19.9. The minimum atomic E-state index is 0.491. The van der Waals surface area contributed by atoms with E-state index < -0.39 is 0 Å². The van der Waals surface area contributed by atoms with Gasteiger partial charge in [0.15, 0.2) is 5.65 Å². The fourth-order valence-corrected chi connectivity index (χ4v) is 5.14. The number of aryl methyl sites for hydroxylation is 4. The van der Waals surface area contributed by atoms with E-state index in [4.69, 9.17) is 19.6 Å². The van der Waals surface area contributed by atoms with E-state index in [1.807, 2.05) is 0 Å². The molecular weight excluding hydrogens is 388 g/mol. The molecule has 0 amide bonds. The molecule has 0 saturated heterocycles. The summed E-state index contributed by atoms with van der Waals surface area (Å²) in [4.78, 5) is 7.58. The molecule has 31 heavy (non-hydrogen) atoms. The van der Waals surface area contributed by atoms with Crippen LogP contribution in [0.25, 0.3) is 16.8 Å². The van der Waals surface area contributed by atoms with Crippen molar-refractivity contribution in [1.82, 2.24) is 14.6 Å². The van der Waals surface area contributed by atoms with Gasteiger partial charge in [-0.05, 0) is 75.8 Å². The van der Waals surface area contributed by atoms with Crippen LogP contribution in [0.4, 0.5) is 5.82 Å². The molecule has 0 bridgehead atoms. The SMILES string of the molecule is CCC1CCc2c(C)nc3c(-c4c(C)cc(OC)cc4C)c(C)nn3c2N1CCOC. The summed E-state index contributed by atoms with van der Waals surface area (Å²) in [6.45, 7) is 12.3. The summed E-state index contributed by atoms with van der Waals surface area (Å²) in [7, 11) is 3.48. The zero-order chi connectivity index (χ0) is 22.3. The van der Waals surface area contributed by atoms with E-state index in [1.165, 1.54) is 28.1 Å². The van der Waals surface area contributed by atoms with Crippen LogP contribution in [0.2, 0.25) is 0 Å². The van der Waals surface area contributed by atoms with Crippen molar-refractivity contribution in [2.45, 2.75) is 59.9 Å². The maximum absolute atomic E-state index is 5.48. The normalized spacial score (nSPS) is 16.1. The third-order valence-electron chi connectivity index (χ3n) is 6.66. The largest absolute Gasteiger partial charge is 0.497 e. The van der Waals surface area contributed by atoms with Crippen molar-refractivity contribution >= 4 is 11.5 Å². The van der Waals surface area contributed by atoms with Gasteiger partial charge in [-0.25, -0.2) is 4.98 Å². The molecule has 1 aliphatic rings. The molecular formula is C25H34N4O2. The van der Waals surface area contributed by atoms with Crippen LogP contribution in [0.5, 0.6) is 5.75 Å². The van der Waals surface area contributed by atoms with Crippen molar-refractivity contribution in [3.8, 4) is 16.9 Å². The van der Waals surface area contributed by atoms with Crippen molar-refractivity contribution in [3.63, 3.8) is 0 Å². The number of ether oxygens (including phenoxy) is 2. The van der Waals surface area contributed by atoms with Gasteiger partial charge in [0.25, 0.3) is 0 Å². The molecule has 0 spiro atoms. The van der Waals surface area contributed by atoms with Crippen LogP contribution < -0.4 is 9.64 Å². The van der Waals surface area contributed by atoms with Crippen LogP contribution in [-0.4, -0.2) is 48.0 Å². The average Bonchev–Trinajstić information content (AvgIpc) is 3.06. The Hall–Kier alpha value is -2.60. The molecule has 6 heteroatoms. The Bertz CT molecular complexity index is 1100. The molecule has 166 valence electrons. The molecule has 6 nitrogen and oxygen atoms in total. The Morgan fingerprint density at radius 2 is 1.74 bits per heavy atom. The fourth-order valence-electron chi connectivity index (χ4n) is 5.14. The van der Waals surface area contributed by atoms with Gasteiger partial charge in [0.2, 0.25) is 0 Å². The van der Waals surface area contributed by atoms with Crippen molar-refractivity contribution in [3.05, 3.63) is 40.2 Å². The molecule has 0 aliphatic carbocycles. The van der Waals surface area contributed by atoms with E-state index in [2.05, 4.69) is 56.2 Å². The Kier molecular flexibility index (Phi) is 5.93. The standard InChI is InChI=1S/C25H34N4O2/c1-8-19-9-10-21-17(4)26-24-23(22-15(2)13-20(31-7)14-16(22)3)18(5)27-29(24)25(21)28(19)11-12-30-6/h13-14,19H,8-12H2,1-7H3. The first-order chi connectivity index (χ1) is 14.9. The molecule has 0 saturated carbocycles. The molecule has 1 aliphatic heterocycles. The van der Waals surface area contributed by atoms with Crippen molar-refractivity contribution in [2.75, 3.05) is 32.3 Å². The molecule has 1 unspecified atom stereocenters. The van der Waals surface area contributed by atoms with Gasteiger partial charge >= 0.3 is 0 Å². The molecule has 0 fully saturated rings. The number of methoxy groups -OCH3 is 2. The third kappa shape index (κ3) is 3.57. The zero-order valence-electron chi connectivity index (χ0n) is 19.9. The Labute approximate surface area is 185 Å². The predicted octanol–water partition coefficient (Wildman–Crippen LogP) is 4.82. The first-order valence-corrected chi connectivity index (χ1v) is 11.2. The number of rotatable bonds is 6. The summed E-state index contributed by atoms with van der Waals surface area (Å²) >= 11 is 0. The van der Waals surface area contributed by atoms with Gasteiger partial charge in [0.1, 0.15) is 11.6 Å². The number of hydrogen-bond donors (Lipinski definition) is 0. The highest BCUT2D eigenvalue weighted by atomic mass is 16.5. The highest BCUT2D eigenvalue weighted by molar-refractivity contribution is 5.85. The first kappa shape index (κ1) is 21.6. The fraction of sp³-hybridized carbons (Fsp3) is 0.520. The van der Waals surface area contributed by atoms with E-state index in [-0.39, 0.29) is 0 Å². The van der Waals surface area contributed by atoms with Gasteiger partial charge in [0, 0.05) is 31.0 Å². The summed E-state index contributed by atoms with van der Waals surface area (Å²) in [5, 5.41) is 5.04. The molecule has 3 aromatic rings. The lowest BCUT2D eigenvalue weighted by Gasteiger charge is -2.38. The van der Waals surface area contributed by atoms with E-state index in [1.54, 1.807) is 14.2 Å². The van der Waals surface area contributed by atoms with Crippen LogP contribution in [0.1, 0.15) is 47.8 Å². The van der Waals surface area contributed by atoms with Crippen molar-refractivity contribution in [2.24, 2.45) is 0 Å². The second kappa shape index (κ2) is 8.50. The van der Waals surface area contributed by atoms with E-state index in [9.17, 15) is 0 Å². The van der Waals surface area contributed by atoms with E-state index >= 15 is 0 Å². The number of aromatic nitrogens is 3. The quantitative estimate of drug-likeness (QED) is 0.570. The summed E-state index contributed by atoms with van der Waals surface area (Å²) in [6.07, 6.45) is 3.29. The third-order valence-corrected chi connectivity index (χ3v) is 6.66. The van der Waals surface area contributed by atoms with Crippen LogP contribution in [0, 0.1) is 27.7 Å². The lowest BCUT2D eigenvalue weighted by atomic mass is 9.94. The van der Waals surface area contributed by atoms with Crippen LogP contribution in [-0.2, 0) is 11.2 Å². The molecule has 2 aromatic heterocycles. The molecule has 4 rings (SSSR count). The maximum Gasteiger partial charge on any atom is 0.165 e. The number of hydrogen-bond acceptors (Lipinski definition) is 5. The minimum absolute atomic E-state index is 0.491. The number of benzene rings is 1. The molecule has 1 aromatic carbocycles. The van der Waals surface area contributed by atoms with Gasteiger partial charge in [-0.15, -0.1) is 0 Å². The predicted molar refractivity (Wildman–Crippen MR) is 126 cm³/mol. The highest BCUT2D eigenvalue weighted by Gasteiger charge is 2.31. The molecule has 0 radical (unpaired) electrons. The van der Waals surface area contributed by atoms with Gasteiger partial charge < -0.3 is 14.4 Å². The van der Waals surface area contributed by atoms with Crippen LogP contribution in [0.3, 0.4) is 0 Å². The minimum Gasteiger partial charge on any atom is -0.497 e. The smallest absolute Gasteiger partial charge is 0.165 e.